The maximum absolute atomic E-state index is 11.7. The van der Waals surface area contributed by atoms with E-state index in [0.717, 1.165) is 58.4 Å². The van der Waals surface area contributed by atoms with Crippen LogP contribution in [0.5, 0.6) is 11.5 Å². The number of benzene rings is 3. The summed E-state index contributed by atoms with van der Waals surface area (Å²) in [6.07, 6.45) is 13.4. The summed E-state index contributed by atoms with van der Waals surface area (Å²) in [6.45, 7) is 5.22. The lowest BCUT2D eigenvalue weighted by atomic mass is 9.91. The predicted octanol–water partition coefficient (Wildman–Crippen LogP) is 9.61. The van der Waals surface area contributed by atoms with Crippen LogP contribution < -0.4 is 4.74 Å². The molecule has 1 N–H and O–H groups in total. The SMILES string of the molecule is CCOC(=O)CC/C=C\C[C@@H]1CO[C@H](c2ccc(COc3cccc(/C(=C\CCCCC(=O)OCC)c4cccnc4)c3)cc2)O[C@@H]1c1ccccc1O. The van der Waals surface area contributed by atoms with E-state index in [9.17, 15) is 14.7 Å². The molecule has 9 nitrogen and oxygen atoms in total. The Morgan fingerprint density at radius 1 is 0.852 bits per heavy atom. The van der Waals surface area contributed by atoms with Crippen molar-refractivity contribution in [3.63, 3.8) is 0 Å². The van der Waals surface area contributed by atoms with Crippen molar-refractivity contribution in [2.75, 3.05) is 19.8 Å². The van der Waals surface area contributed by atoms with Gasteiger partial charge < -0.3 is 28.8 Å². The van der Waals surface area contributed by atoms with Gasteiger partial charge in [0.15, 0.2) is 6.29 Å². The minimum absolute atomic E-state index is 0.0262. The maximum Gasteiger partial charge on any atom is 0.306 e. The van der Waals surface area contributed by atoms with Crippen molar-refractivity contribution in [2.45, 2.75) is 77.8 Å². The van der Waals surface area contributed by atoms with E-state index in [1.54, 1.807) is 25.3 Å². The summed E-state index contributed by atoms with van der Waals surface area (Å²) in [7, 11) is 0. The number of nitrogens with zero attached hydrogens (tertiary/aromatic N) is 1. The zero-order chi connectivity index (χ0) is 38.0. The number of carbonyl (C=O) groups excluding carboxylic acids is 2. The van der Waals surface area contributed by atoms with Gasteiger partial charge in [0.05, 0.1) is 25.9 Å². The van der Waals surface area contributed by atoms with E-state index in [4.69, 9.17) is 23.7 Å². The number of para-hydroxylation sites is 1. The van der Waals surface area contributed by atoms with E-state index in [0.29, 0.717) is 52.1 Å². The Labute approximate surface area is 318 Å². The number of ether oxygens (including phenoxy) is 5. The van der Waals surface area contributed by atoms with Gasteiger partial charge in [-0.05, 0) is 86.9 Å². The summed E-state index contributed by atoms with van der Waals surface area (Å²) in [4.78, 5) is 27.8. The van der Waals surface area contributed by atoms with Crippen LogP contribution in [0, 0.1) is 5.92 Å². The van der Waals surface area contributed by atoms with E-state index < -0.39 is 6.29 Å². The summed E-state index contributed by atoms with van der Waals surface area (Å²) in [5.74, 6) is 0.552. The highest BCUT2D eigenvalue weighted by atomic mass is 16.7. The van der Waals surface area contributed by atoms with Crippen LogP contribution in [-0.4, -0.2) is 41.8 Å². The number of phenolic OH excluding ortho intramolecular Hbond substituents is 1. The molecule has 3 aromatic carbocycles. The molecule has 0 unspecified atom stereocenters. The Hall–Kier alpha value is -5.25. The first-order chi connectivity index (χ1) is 26.4. The lowest BCUT2D eigenvalue weighted by Crippen LogP contribution is -2.30. The van der Waals surface area contributed by atoms with Crippen molar-refractivity contribution in [3.8, 4) is 11.5 Å². The minimum Gasteiger partial charge on any atom is -0.508 e. The van der Waals surface area contributed by atoms with Gasteiger partial charge in [-0.25, -0.2) is 0 Å². The van der Waals surface area contributed by atoms with Crippen molar-refractivity contribution in [3.05, 3.63) is 143 Å². The summed E-state index contributed by atoms with van der Waals surface area (Å²) >= 11 is 0. The Kier molecular flexibility index (Phi) is 15.9. The molecule has 1 fully saturated rings. The first-order valence-corrected chi connectivity index (χ1v) is 18.9. The van der Waals surface area contributed by atoms with Crippen LogP contribution in [0.4, 0.5) is 0 Å². The third-order valence-corrected chi connectivity index (χ3v) is 9.09. The fourth-order valence-electron chi connectivity index (χ4n) is 6.34. The molecule has 9 heteroatoms. The average molecular weight is 734 g/mol. The van der Waals surface area contributed by atoms with E-state index in [2.05, 4.69) is 17.1 Å². The Morgan fingerprint density at radius 3 is 2.39 bits per heavy atom. The first kappa shape index (κ1) is 39.9. The molecule has 0 bridgehead atoms. The number of carbonyl (C=O) groups is 2. The smallest absolute Gasteiger partial charge is 0.306 e. The van der Waals surface area contributed by atoms with Gasteiger partial charge in [0.1, 0.15) is 18.1 Å². The van der Waals surface area contributed by atoms with Gasteiger partial charge in [-0.1, -0.05) is 78.9 Å². The second-order valence-corrected chi connectivity index (χ2v) is 13.1. The van der Waals surface area contributed by atoms with Gasteiger partial charge >= 0.3 is 11.9 Å². The number of aromatic nitrogens is 1. The third-order valence-electron chi connectivity index (χ3n) is 9.09. The van der Waals surface area contributed by atoms with Gasteiger partial charge in [-0.15, -0.1) is 0 Å². The number of esters is 2. The molecular formula is C45H51NO8. The lowest BCUT2D eigenvalue weighted by molar-refractivity contribution is -0.244. The van der Waals surface area contributed by atoms with Crippen LogP contribution in [0.3, 0.4) is 0 Å². The van der Waals surface area contributed by atoms with Crippen LogP contribution in [0.1, 0.15) is 99.0 Å². The quantitative estimate of drug-likeness (QED) is 0.0572. The van der Waals surface area contributed by atoms with Crippen LogP contribution in [0.15, 0.2) is 116 Å². The van der Waals surface area contributed by atoms with Gasteiger partial charge in [-0.2, -0.15) is 0 Å². The van der Waals surface area contributed by atoms with Gasteiger partial charge in [0.2, 0.25) is 0 Å². The predicted molar refractivity (Wildman–Crippen MR) is 207 cm³/mol. The van der Waals surface area contributed by atoms with Crippen LogP contribution in [-0.2, 0) is 35.1 Å². The molecule has 1 aliphatic heterocycles. The number of unbranched alkanes of at least 4 members (excludes halogenated alkanes) is 2. The Morgan fingerprint density at radius 2 is 1.63 bits per heavy atom. The molecule has 0 spiro atoms. The van der Waals surface area contributed by atoms with E-state index in [-0.39, 0.29) is 29.7 Å². The van der Waals surface area contributed by atoms with Gasteiger partial charge in [-0.3, -0.25) is 14.6 Å². The molecule has 3 atom stereocenters. The molecule has 54 heavy (non-hydrogen) atoms. The van der Waals surface area contributed by atoms with Gasteiger partial charge in [0, 0.05) is 47.8 Å². The van der Waals surface area contributed by atoms with Gasteiger partial charge in [0.25, 0.3) is 0 Å². The summed E-state index contributed by atoms with van der Waals surface area (Å²) in [6, 6.07) is 27.3. The van der Waals surface area contributed by atoms with E-state index in [1.165, 1.54) is 0 Å². The second-order valence-electron chi connectivity index (χ2n) is 13.1. The molecule has 1 saturated heterocycles. The number of hydrogen-bond acceptors (Lipinski definition) is 9. The van der Waals surface area contributed by atoms with Crippen LogP contribution in [0.2, 0.25) is 0 Å². The number of aromatic hydroxyl groups is 1. The number of hydrogen-bond donors (Lipinski definition) is 1. The van der Waals surface area contributed by atoms with Crippen LogP contribution in [0.25, 0.3) is 5.57 Å². The topological polar surface area (TPSA) is 113 Å². The second kappa shape index (κ2) is 21.5. The molecule has 0 radical (unpaired) electrons. The maximum atomic E-state index is 11.7. The Bertz CT molecular complexity index is 1820. The standard InChI is InChI=1S/C45H51NO8/c1-3-50-42(48)22-9-5-7-15-37-32-53-45(54-44(37)40-20-11-12-21-41(40)47)34-26-24-33(25-27-34)31-52-38-18-13-16-35(29-38)39(36-17-14-28-46-30-36)19-8-6-10-23-43(49)51-4-2/h5,7,11-14,16-21,24-30,37,44-45,47H,3-4,6,8-10,15,22-23,31-32H2,1-2H3/b7-5-,39-19+/t37-,44+,45+/m1/s1. The molecular weight excluding hydrogens is 682 g/mol. The number of pyridine rings is 1. The van der Waals surface area contributed by atoms with Crippen molar-refractivity contribution < 1.29 is 38.4 Å². The highest BCUT2D eigenvalue weighted by Crippen LogP contribution is 2.42. The molecule has 0 amide bonds. The normalized spacial score (nSPS) is 17.3. The zero-order valence-corrected chi connectivity index (χ0v) is 31.2. The van der Waals surface area contributed by atoms with Crippen molar-refractivity contribution in [1.29, 1.82) is 0 Å². The molecule has 284 valence electrons. The number of allylic oxidation sites excluding steroid dienone is 3. The molecule has 0 aliphatic carbocycles. The molecule has 5 rings (SSSR count). The average Bonchev–Trinajstić information content (AvgIpc) is 3.19. The molecule has 0 saturated carbocycles. The highest BCUT2D eigenvalue weighted by Gasteiger charge is 2.34. The lowest BCUT2D eigenvalue weighted by Gasteiger charge is -2.37. The summed E-state index contributed by atoms with van der Waals surface area (Å²) < 4.78 is 29.1. The van der Waals surface area contributed by atoms with Crippen molar-refractivity contribution >= 4 is 17.5 Å². The van der Waals surface area contributed by atoms with E-state index >= 15 is 0 Å². The molecule has 2 heterocycles. The van der Waals surface area contributed by atoms with Crippen LogP contribution >= 0.6 is 0 Å². The third kappa shape index (κ3) is 12.1. The zero-order valence-electron chi connectivity index (χ0n) is 31.2. The minimum atomic E-state index is -0.604. The number of phenols is 1. The highest BCUT2D eigenvalue weighted by molar-refractivity contribution is 5.80. The summed E-state index contributed by atoms with van der Waals surface area (Å²) in [5.41, 5.74) is 5.69. The molecule has 4 aromatic rings. The fraction of sp³-hybridized carbons (Fsp3) is 0.356. The summed E-state index contributed by atoms with van der Waals surface area (Å²) in [5, 5.41) is 10.7. The molecule has 1 aliphatic rings. The van der Waals surface area contributed by atoms with Crippen molar-refractivity contribution in [2.24, 2.45) is 5.92 Å². The first-order valence-electron chi connectivity index (χ1n) is 18.9. The monoisotopic (exact) mass is 733 g/mol. The van der Waals surface area contributed by atoms with E-state index in [1.807, 2.05) is 92.0 Å². The fourth-order valence-corrected chi connectivity index (χ4v) is 6.34. The Balaban J connectivity index is 1.20. The molecule has 1 aromatic heterocycles. The number of rotatable bonds is 19. The van der Waals surface area contributed by atoms with Crippen molar-refractivity contribution in [1.82, 2.24) is 4.98 Å². The largest absolute Gasteiger partial charge is 0.508 e.